The zero-order valence-electron chi connectivity index (χ0n) is 11.2. The Morgan fingerprint density at radius 3 is 2.42 bits per heavy atom. The summed E-state index contributed by atoms with van der Waals surface area (Å²) < 4.78 is 5.06. The van der Waals surface area contributed by atoms with Crippen LogP contribution in [0, 0.1) is 16.0 Å². The number of carbonyl (C=O) groups excluding carboxylic acids is 1. The fourth-order valence-corrected chi connectivity index (χ4v) is 2.20. The van der Waals surface area contributed by atoms with Crippen LogP contribution >= 0.6 is 0 Å². The lowest BCUT2D eigenvalue weighted by Crippen LogP contribution is -2.22. The van der Waals surface area contributed by atoms with E-state index in [1.54, 1.807) is 31.4 Å². The smallest absolute Gasteiger partial charge is 0.211 e. The summed E-state index contributed by atoms with van der Waals surface area (Å²) in [6, 6.07) is 7.10. The number of nitro groups is 1. The molecule has 0 aromatic heterocycles. The monoisotopic (exact) mass is 265 g/mol. The van der Waals surface area contributed by atoms with E-state index in [1.807, 2.05) is 6.92 Å². The predicted octanol–water partition coefficient (Wildman–Crippen LogP) is 2.67. The van der Waals surface area contributed by atoms with Crippen LogP contribution in [0.25, 0.3) is 0 Å². The van der Waals surface area contributed by atoms with E-state index in [-0.39, 0.29) is 23.3 Å². The third kappa shape index (κ3) is 4.35. The van der Waals surface area contributed by atoms with Gasteiger partial charge in [-0.1, -0.05) is 25.5 Å². The van der Waals surface area contributed by atoms with Gasteiger partial charge in [0.05, 0.1) is 13.0 Å². The molecule has 0 amide bonds. The molecule has 0 N–H and O–H groups in total. The Kier molecular flexibility index (Phi) is 5.99. The molecule has 1 aromatic rings. The SMILES string of the molecule is CCC[C@H](C=O)[C@@H](C[N+](=O)[O-])c1ccc(OC)cc1. The lowest BCUT2D eigenvalue weighted by atomic mass is 9.84. The molecule has 1 aromatic carbocycles. The molecule has 5 nitrogen and oxygen atoms in total. The van der Waals surface area contributed by atoms with Crippen LogP contribution in [-0.4, -0.2) is 24.9 Å². The molecule has 104 valence electrons. The van der Waals surface area contributed by atoms with Crippen LogP contribution in [0.3, 0.4) is 0 Å². The van der Waals surface area contributed by atoms with Crippen molar-refractivity contribution in [3.05, 3.63) is 39.9 Å². The molecule has 0 aliphatic heterocycles. The maximum atomic E-state index is 11.2. The van der Waals surface area contributed by atoms with E-state index in [0.29, 0.717) is 12.2 Å². The van der Waals surface area contributed by atoms with Gasteiger partial charge in [-0.25, -0.2) is 0 Å². The number of carbonyl (C=O) groups is 1. The topological polar surface area (TPSA) is 69.4 Å². The van der Waals surface area contributed by atoms with E-state index >= 15 is 0 Å². The van der Waals surface area contributed by atoms with Crippen molar-refractivity contribution in [1.29, 1.82) is 0 Å². The van der Waals surface area contributed by atoms with Gasteiger partial charge in [-0.2, -0.15) is 0 Å². The second-order valence-corrected chi connectivity index (χ2v) is 4.48. The van der Waals surface area contributed by atoms with E-state index in [9.17, 15) is 14.9 Å². The van der Waals surface area contributed by atoms with Gasteiger partial charge in [0.15, 0.2) is 0 Å². The summed E-state index contributed by atoms with van der Waals surface area (Å²) in [6.45, 7) is 1.74. The number of aldehydes is 1. The van der Waals surface area contributed by atoms with E-state index in [2.05, 4.69) is 0 Å². The van der Waals surface area contributed by atoms with Crippen molar-refractivity contribution in [3.63, 3.8) is 0 Å². The van der Waals surface area contributed by atoms with Crippen LogP contribution in [0.5, 0.6) is 5.75 Å². The Bertz CT molecular complexity index is 416. The predicted molar refractivity (Wildman–Crippen MR) is 72.1 cm³/mol. The Morgan fingerprint density at radius 1 is 1.37 bits per heavy atom. The summed E-state index contributed by atoms with van der Waals surface area (Å²) in [7, 11) is 1.56. The van der Waals surface area contributed by atoms with Gasteiger partial charge >= 0.3 is 0 Å². The Labute approximate surface area is 112 Å². The van der Waals surface area contributed by atoms with Crippen molar-refractivity contribution < 1.29 is 14.5 Å². The van der Waals surface area contributed by atoms with Gasteiger partial charge in [0.25, 0.3) is 0 Å². The number of nitrogens with zero attached hydrogens (tertiary/aromatic N) is 1. The molecule has 0 unspecified atom stereocenters. The largest absolute Gasteiger partial charge is 0.497 e. The summed E-state index contributed by atoms with van der Waals surface area (Å²) >= 11 is 0. The fourth-order valence-electron chi connectivity index (χ4n) is 2.20. The van der Waals surface area contributed by atoms with E-state index < -0.39 is 0 Å². The van der Waals surface area contributed by atoms with Crippen LogP contribution in [0.4, 0.5) is 0 Å². The first kappa shape index (κ1) is 15.1. The van der Waals surface area contributed by atoms with Gasteiger partial charge < -0.3 is 9.53 Å². The van der Waals surface area contributed by atoms with Gasteiger partial charge in [0.2, 0.25) is 6.54 Å². The maximum absolute atomic E-state index is 11.2. The third-order valence-electron chi connectivity index (χ3n) is 3.20. The number of hydrogen-bond donors (Lipinski definition) is 0. The van der Waals surface area contributed by atoms with Crippen molar-refractivity contribution in [2.24, 2.45) is 5.92 Å². The quantitative estimate of drug-likeness (QED) is 0.411. The molecule has 19 heavy (non-hydrogen) atoms. The number of ether oxygens (including phenoxy) is 1. The van der Waals surface area contributed by atoms with E-state index in [0.717, 1.165) is 18.3 Å². The molecule has 0 saturated heterocycles. The van der Waals surface area contributed by atoms with Gasteiger partial charge in [-0.05, 0) is 24.1 Å². The van der Waals surface area contributed by atoms with Crippen LogP contribution in [0.15, 0.2) is 24.3 Å². The highest BCUT2D eigenvalue weighted by Gasteiger charge is 2.27. The highest BCUT2D eigenvalue weighted by atomic mass is 16.6. The summed E-state index contributed by atoms with van der Waals surface area (Å²) in [5, 5.41) is 10.8. The molecule has 2 atom stereocenters. The Balaban J connectivity index is 2.99. The minimum Gasteiger partial charge on any atom is -0.497 e. The van der Waals surface area contributed by atoms with Crippen molar-refractivity contribution >= 4 is 6.29 Å². The van der Waals surface area contributed by atoms with E-state index in [4.69, 9.17) is 4.74 Å². The van der Waals surface area contributed by atoms with Crippen LogP contribution in [-0.2, 0) is 4.79 Å². The molecule has 1 rings (SSSR count). The fraction of sp³-hybridized carbons (Fsp3) is 0.500. The van der Waals surface area contributed by atoms with Gasteiger partial charge in [-0.15, -0.1) is 0 Å². The van der Waals surface area contributed by atoms with Crippen molar-refractivity contribution in [2.75, 3.05) is 13.7 Å². The lowest BCUT2D eigenvalue weighted by Gasteiger charge is -2.19. The minimum atomic E-state index is -0.377. The number of rotatable bonds is 8. The molecule has 0 bridgehead atoms. The number of hydrogen-bond acceptors (Lipinski definition) is 4. The lowest BCUT2D eigenvalue weighted by molar-refractivity contribution is -0.484. The first-order chi connectivity index (χ1) is 9.12. The zero-order chi connectivity index (χ0) is 14.3. The van der Waals surface area contributed by atoms with Crippen molar-refractivity contribution in [2.45, 2.75) is 25.7 Å². The van der Waals surface area contributed by atoms with Crippen LogP contribution in [0.2, 0.25) is 0 Å². The molecule has 0 saturated carbocycles. The molecular formula is C14H19NO4. The Morgan fingerprint density at radius 2 is 2.00 bits per heavy atom. The number of benzene rings is 1. The molecule has 0 aliphatic carbocycles. The van der Waals surface area contributed by atoms with Crippen LogP contribution in [0.1, 0.15) is 31.2 Å². The van der Waals surface area contributed by atoms with Crippen molar-refractivity contribution in [3.8, 4) is 5.75 Å². The molecule has 5 heteroatoms. The minimum absolute atomic E-state index is 0.226. The number of methoxy groups -OCH3 is 1. The normalized spacial score (nSPS) is 13.6. The maximum Gasteiger partial charge on any atom is 0.211 e. The first-order valence-corrected chi connectivity index (χ1v) is 6.33. The zero-order valence-corrected chi connectivity index (χ0v) is 11.2. The standard InChI is InChI=1S/C14H19NO4/c1-3-4-12(10-16)14(9-15(17)18)11-5-7-13(19-2)8-6-11/h5-8,10,12,14H,3-4,9H2,1-2H3/t12-,14+/m1/s1. The molecular weight excluding hydrogens is 246 g/mol. The van der Waals surface area contributed by atoms with Gasteiger partial charge in [-0.3, -0.25) is 10.1 Å². The third-order valence-corrected chi connectivity index (χ3v) is 3.20. The van der Waals surface area contributed by atoms with E-state index in [1.165, 1.54) is 0 Å². The first-order valence-electron chi connectivity index (χ1n) is 6.33. The second kappa shape index (κ2) is 7.51. The average molecular weight is 265 g/mol. The average Bonchev–Trinajstić information content (AvgIpc) is 2.42. The Hall–Kier alpha value is -1.91. The summed E-state index contributed by atoms with van der Waals surface area (Å²) in [6.07, 6.45) is 2.32. The van der Waals surface area contributed by atoms with Gasteiger partial charge in [0.1, 0.15) is 12.0 Å². The molecule has 0 heterocycles. The highest BCUT2D eigenvalue weighted by Crippen LogP contribution is 2.28. The van der Waals surface area contributed by atoms with Gasteiger partial charge in [0, 0.05) is 10.8 Å². The highest BCUT2D eigenvalue weighted by molar-refractivity contribution is 5.56. The molecule has 0 fully saturated rings. The summed E-state index contributed by atoms with van der Waals surface area (Å²) in [4.78, 5) is 21.6. The molecule has 0 radical (unpaired) electrons. The molecule has 0 spiro atoms. The second-order valence-electron chi connectivity index (χ2n) is 4.48. The summed E-state index contributed by atoms with van der Waals surface area (Å²) in [5.41, 5.74) is 0.808. The van der Waals surface area contributed by atoms with Crippen molar-refractivity contribution in [1.82, 2.24) is 0 Å². The summed E-state index contributed by atoms with van der Waals surface area (Å²) in [5.74, 6) is 0.00361. The molecule has 0 aliphatic rings. The van der Waals surface area contributed by atoms with Crippen LogP contribution < -0.4 is 4.74 Å².